The number of hydrogen-bond donors (Lipinski definition) is 0. The monoisotopic (exact) mass is 332 g/mol. The van der Waals surface area contributed by atoms with Crippen LogP contribution in [0.1, 0.15) is 47.9 Å². The Bertz CT molecular complexity index is 888. The van der Waals surface area contributed by atoms with Crippen molar-refractivity contribution in [2.45, 2.75) is 39.7 Å². The van der Waals surface area contributed by atoms with Crippen molar-refractivity contribution in [3.05, 3.63) is 71.6 Å². The second-order valence-corrected chi connectivity index (χ2v) is 6.38. The van der Waals surface area contributed by atoms with Crippen LogP contribution in [0, 0.1) is 6.92 Å². The molecule has 25 heavy (non-hydrogen) atoms. The molecule has 1 heterocycles. The molecule has 0 aliphatic carbocycles. The molecule has 3 rings (SSSR count). The van der Waals surface area contributed by atoms with E-state index in [-0.39, 0.29) is 5.78 Å². The van der Waals surface area contributed by atoms with Gasteiger partial charge in [0.1, 0.15) is 5.82 Å². The molecule has 3 nitrogen and oxygen atoms in total. The van der Waals surface area contributed by atoms with E-state index in [0.29, 0.717) is 5.56 Å². The lowest BCUT2D eigenvalue weighted by atomic mass is 10.1. The van der Waals surface area contributed by atoms with E-state index in [1.54, 1.807) is 6.08 Å². The Hall–Kier alpha value is -2.68. The SMILES string of the molecule is CCCCCn1c(/C=C/C(=O)c2ccc(C)cc2)nc2ccccc21. The molecule has 0 N–H and O–H groups in total. The number of allylic oxidation sites excluding steroid dienone is 1. The molecule has 3 aromatic rings. The number of carbonyl (C=O) groups is 1. The molecular weight excluding hydrogens is 308 g/mol. The number of hydrogen-bond acceptors (Lipinski definition) is 2. The highest BCUT2D eigenvalue weighted by atomic mass is 16.1. The lowest BCUT2D eigenvalue weighted by molar-refractivity contribution is 0.104. The fourth-order valence-electron chi connectivity index (χ4n) is 2.94. The Kier molecular flexibility index (Phi) is 5.44. The van der Waals surface area contributed by atoms with Gasteiger partial charge in [-0.15, -0.1) is 0 Å². The summed E-state index contributed by atoms with van der Waals surface area (Å²) in [5, 5.41) is 0. The van der Waals surface area contributed by atoms with E-state index < -0.39 is 0 Å². The third kappa shape index (κ3) is 4.05. The lowest BCUT2D eigenvalue weighted by Gasteiger charge is -2.06. The number of aryl methyl sites for hydroxylation is 2. The number of ketones is 1. The maximum Gasteiger partial charge on any atom is 0.185 e. The number of rotatable bonds is 7. The molecule has 0 bridgehead atoms. The first-order valence-corrected chi connectivity index (χ1v) is 8.93. The Morgan fingerprint density at radius 3 is 2.60 bits per heavy atom. The van der Waals surface area contributed by atoms with Crippen LogP contribution in [0.25, 0.3) is 17.1 Å². The number of imidazole rings is 1. The predicted octanol–water partition coefficient (Wildman–Crippen LogP) is 5.43. The van der Waals surface area contributed by atoms with E-state index >= 15 is 0 Å². The van der Waals surface area contributed by atoms with E-state index in [2.05, 4.69) is 17.6 Å². The first kappa shape index (κ1) is 17.2. The molecule has 0 saturated carbocycles. The molecule has 2 aromatic carbocycles. The molecular formula is C22H24N2O. The minimum atomic E-state index is 0.00663. The minimum Gasteiger partial charge on any atom is -0.324 e. The van der Waals surface area contributed by atoms with Gasteiger partial charge in [0, 0.05) is 12.1 Å². The number of aromatic nitrogens is 2. The van der Waals surface area contributed by atoms with Gasteiger partial charge in [-0.1, -0.05) is 61.7 Å². The van der Waals surface area contributed by atoms with E-state index in [1.807, 2.05) is 55.5 Å². The van der Waals surface area contributed by atoms with Crippen LogP contribution in [0.5, 0.6) is 0 Å². The smallest absolute Gasteiger partial charge is 0.185 e. The quantitative estimate of drug-likeness (QED) is 0.328. The van der Waals surface area contributed by atoms with Gasteiger partial charge >= 0.3 is 0 Å². The Morgan fingerprint density at radius 2 is 1.84 bits per heavy atom. The number of carbonyl (C=O) groups excluding carboxylic acids is 1. The van der Waals surface area contributed by atoms with Crippen molar-refractivity contribution in [2.24, 2.45) is 0 Å². The first-order valence-electron chi connectivity index (χ1n) is 8.93. The maximum atomic E-state index is 12.4. The standard InChI is InChI=1S/C22H24N2O/c1-3-4-7-16-24-20-9-6-5-8-19(20)23-22(24)15-14-21(25)18-12-10-17(2)11-13-18/h5-6,8-15H,3-4,7,16H2,1-2H3/b15-14+. The molecule has 0 radical (unpaired) electrons. The van der Waals surface area contributed by atoms with Crippen molar-refractivity contribution in [3.63, 3.8) is 0 Å². The van der Waals surface area contributed by atoms with Gasteiger partial charge in [0.15, 0.2) is 5.78 Å². The zero-order valence-corrected chi connectivity index (χ0v) is 14.9. The van der Waals surface area contributed by atoms with Crippen LogP contribution in [0.15, 0.2) is 54.6 Å². The molecule has 0 amide bonds. The Morgan fingerprint density at radius 1 is 1.08 bits per heavy atom. The van der Waals surface area contributed by atoms with Crippen LogP contribution >= 0.6 is 0 Å². The fourth-order valence-corrected chi connectivity index (χ4v) is 2.94. The molecule has 0 spiro atoms. The van der Waals surface area contributed by atoms with Gasteiger partial charge in [0.25, 0.3) is 0 Å². The number of unbranched alkanes of at least 4 members (excludes halogenated alkanes) is 2. The second kappa shape index (κ2) is 7.93. The van der Waals surface area contributed by atoms with Gasteiger partial charge in [-0.25, -0.2) is 4.98 Å². The van der Waals surface area contributed by atoms with Gasteiger partial charge in [0.05, 0.1) is 11.0 Å². The number of nitrogens with zero attached hydrogens (tertiary/aromatic N) is 2. The molecule has 0 saturated heterocycles. The summed E-state index contributed by atoms with van der Waals surface area (Å²) in [5.74, 6) is 0.852. The van der Waals surface area contributed by atoms with Crippen molar-refractivity contribution in [2.75, 3.05) is 0 Å². The highest BCUT2D eigenvalue weighted by Crippen LogP contribution is 2.18. The second-order valence-electron chi connectivity index (χ2n) is 6.38. The van der Waals surface area contributed by atoms with E-state index in [1.165, 1.54) is 12.8 Å². The van der Waals surface area contributed by atoms with Crippen LogP contribution in [-0.2, 0) is 6.54 Å². The van der Waals surface area contributed by atoms with E-state index in [9.17, 15) is 4.79 Å². The summed E-state index contributed by atoms with van der Waals surface area (Å²) in [5.41, 5.74) is 3.95. The van der Waals surface area contributed by atoms with E-state index in [0.717, 1.165) is 35.4 Å². The molecule has 0 atom stereocenters. The predicted molar refractivity (Wildman–Crippen MR) is 104 cm³/mol. The maximum absolute atomic E-state index is 12.4. The van der Waals surface area contributed by atoms with E-state index in [4.69, 9.17) is 4.98 Å². The first-order chi connectivity index (χ1) is 12.2. The fraction of sp³-hybridized carbons (Fsp3) is 0.273. The summed E-state index contributed by atoms with van der Waals surface area (Å²) >= 11 is 0. The molecule has 0 aliphatic heterocycles. The summed E-state index contributed by atoms with van der Waals surface area (Å²) in [6.45, 7) is 5.14. The summed E-state index contributed by atoms with van der Waals surface area (Å²) in [7, 11) is 0. The summed E-state index contributed by atoms with van der Waals surface area (Å²) < 4.78 is 2.21. The van der Waals surface area contributed by atoms with Crippen molar-refractivity contribution in [1.29, 1.82) is 0 Å². The molecule has 0 unspecified atom stereocenters. The normalized spacial score (nSPS) is 11.4. The zero-order valence-electron chi connectivity index (χ0n) is 14.9. The van der Waals surface area contributed by atoms with Gasteiger partial charge in [-0.05, 0) is 37.6 Å². The highest BCUT2D eigenvalue weighted by molar-refractivity contribution is 6.06. The van der Waals surface area contributed by atoms with Crippen molar-refractivity contribution >= 4 is 22.9 Å². The number of fused-ring (bicyclic) bond motifs is 1. The Balaban J connectivity index is 1.87. The number of para-hydroxylation sites is 2. The van der Waals surface area contributed by atoms with Crippen molar-refractivity contribution < 1.29 is 4.79 Å². The summed E-state index contributed by atoms with van der Waals surface area (Å²) in [6.07, 6.45) is 6.96. The van der Waals surface area contributed by atoms with Crippen LogP contribution < -0.4 is 0 Å². The van der Waals surface area contributed by atoms with Crippen molar-refractivity contribution in [1.82, 2.24) is 9.55 Å². The van der Waals surface area contributed by atoms with Crippen LogP contribution in [0.2, 0.25) is 0 Å². The van der Waals surface area contributed by atoms with Crippen LogP contribution in [-0.4, -0.2) is 15.3 Å². The van der Waals surface area contributed by atoms with Gasteiger partial charge in [-0.3, -0.25) is 4.79 Å². The topological polar surface area (TPSA) is 34.9 Å². The average Bonchev–Trinajstić information content (AvgIpc) is 2.98. The molecule has 3 heteroatoms. The Labute approximate surface area is 149 Å². The van der Waals surface area contributed by atoms with Gasteiger partial charge < -0.3 is 4.57 Å². The third-order valence-corrected chi connectivity index (χ3v) is 4.39. The average molecular weight is 332 g/mol. The summed E-state index contributed by atoms with van der Waals surface area (Å²) in [6, 6.07) is 15.8. The molecule has 128 valence electrons. The molecule has 1 aromatic heterocycles. The largest absolute Gasteiger partial charge is 0.324 e. The summed E-state index contributed by atoms with van der Waals surface area (Å²) in [4.78, 5) is 17.1. The molecule has 0 aliphatic rings. The molecule has 0 fully saturated rings. The van der Waals surface area contributed by atoms with Crippen molar-refractivity contribution in [3.8, 4) is 0 Å². The third-order valence-electron chi connectivity index (χ3n) is 4.39. The number of benzene rings is 2. The van der Waals surface area contributed by atoms with Crippen LogP contribution in [0.4, 0.5) is 0 Å². The van der Waals surface area contributed by atoms with Crippen LogP contribution in [0.3, 0.4) is 0 Å². The van der Waals surface area contributed by atoms with Gasteiger partial charge in [0.2, 0.25) is 0 Å². The lowest BCUT2D eigenvalue weighted by Crippen LogP contribution is -2.01. The zero-order chi connectivity index (χ0) is 17.6. The van der Waals surface area contributed by atoms with Gasteiger partial charge in [-0.2, -0.15) is 0 Å². The minimum absolute atomic E-state index is 0.00663. The highest BCUT2D eigenvalue weighted by Gasteiger charge is 2.08.